The van der Waals surface area contributed by atoms with E-state index in [1.165, 1.54) is 12.1 Å². The summed E-state index contributed by atoms with van der Waals surface area (Å²) in [6.07, 6.45) is 2.86. The minimum atomic E-state index is -0.279. The van der Waals surface area contributed by atoms with E-state index in [4.69, 9.17) is 4.74 Å². The lowest BCUT2D eigenvalue weighted by atomic mass is 10.1. The average molecular weight is 491 g/mol. The summed E-state index contributed by atoms with van der Waals surface area (Å²) in [6, 6.07) is 14.3. The minimum absolute atomic E-state index is 0.0990. The molecule has 3 heterocycles. The molecule has 0 bridgehead atoms. The Morgan fingerprint density at radius 1 is 1.22 bits per heavy atom. The van der Waals surface area contributed by atoms with Gasteiger partial charge in [-0.1, -0.05) is 37.3 Å². The van der Waals surface area contributed by atoms with Crippen LogP contribution in [0.1, 0.15) is 54.7 Å². The van der Waals surface area contributed by atoms with Crippen molar-refractivity contribution in [2.45, 2.75) is 64.9 Å². The van der Waals surface area contributed by atoms with Gasteiger partial charge in [0.15, 0.2) is 5.82 Å². The molecule has 1 aliphatic rings. The molecule has 0 aliphatic carbocycles. The van der Waals surface area contributed by atoms with Gasteiger partial charge < -0.3 is 9.72 Å². The number of para-hydroxylation sites is 1. The van der Waals surface area contributed by atoms with E-state index in [1.807, 2.05) is 35.9 Å². The van der Waals surface area contributed by atoms with Crippen molar-refractivity contribution < 1.29 is 9.13 Å². The van der Waals surface area contributed by atoms with E-state index in [0.29, 0.717) is 25.2 Å². The van der Waals surface area contributed by atoms with Crippen LogP contribution in [0.5, 0.6) is 0 Å². The third-order valence-electron chi connectivity index (χ3n) is 6.92. The van der Waals surface area contributed by atoms with E-state index in [2.05, 4.69) is 32.3 Å². The molecular weight excluding hydrogens is 459 g/mol. The lowest BCUT2D eigenvalue weighted by molar-refractivity contribution is 0.0888. The van der Waals surface area contributed by atoms with Crippen molar-refractivity contribution in [3.8, 4) is 0 Å². The maximum atomic E-state index is 13.6. The van der Waals surface area contributed by atoms with Crippen LogP contribution in [0.15, 0.2) is 53.3 Å². The Labute approximate surface area is 209 Å². The van der Waals surface area contributed by atoms with E-state index in [9.17, 15) is 9.18 Å². The van der Waals surface area contributed by atoms with E-state index in [0.717, 1.165) is 53.7 Å². The number of tetrazole rings is 1. The molecular formula is C27H31FN6O2. The zero-order chi connectivity index (χ0) is 25.1. The summed E-state index contributed by atoms with van der Waals surface area (Å²) in [5.74, 6) is 0.461. The minimum Gasteiger partial charge on any atom is -0.376 e. The molecule has 9 heteroatoms. The quantitative estimate of drug-likeness (QED) is 0.376. The normalized spacial score (nSPS) is 16.7. The van der Waals surface area contributed by atoms with Crippen molar-refractivity contribution in [1.29, 1.82) is 0 Å². The van der Waals surface area contributed by atoms with E-state index < -0.39 is 0 Å². The second-order valence-electron chi connectivity index (χ2n) is 9.47. The maximum Gasteiger partial charge on any atom is 0.252 e. The summed E-state index contributed by atoms with van der Waals surface area (Å²) in [6.45, 7) is 6.33. The number of benzene rings is 2. The fourth-order valence-electron chi connectivity index (χ4n) is 5.03. The number of fused-ring (bicyclic) bond motifs is 1. The van der Waals surface area contributed by atoms with Crippen LogP contribution in [-0.4, -0.2) is 42.8 Å². The number of hydrogen-bond donors (Lipinski definition) is 1. The number of rotatable bonds is 9. The van der Waals surface area contributed by atoms with Gasteiger partial charge in [0.25, 0.3) is 5.56 Å². The second-order valence-corrected chi connectivity index (χ2v) is 9.47. The molecule has 0 radical (unpaired) electrons. The van der Waals surface area contributed by atoms with Crippen LogP contribution in [0.4, 0.5) is 4.39 Å². The first-order valence-electron chi connectivity index (χ1n) is 12.5. The van der Waals surface area contributed by atoms with Crippen LogP contribution in [0.25, 0.3) is 10.9 Å². The number of H-pyrrole nitrogens is 1. The van der Waals surface area contributed by atoms with Crippen LogP contribution >= 0.6 is 0 Å². The van der Waals surface area contributed by atoms with Gasteiger partial charge in [0.1, 0.15) is 5.82 Å². The summed E-state index contributed by atoms with van der Waals surface area (Å²) in [7, 11) is 0. The van der Waals surface area contributed by atoms with Gasteiger partial charge in [0.05, 0.1) is 24.2 Å². The Morgan fingerprint density at radius 2 is 2.06 bits per heavy atom. The van der Waals surface area contributed by atoms with Gasteiger partial charge in [0, 0.05) is 25.3 Å². The van der Waals surface area contributed by atoms with Crippen LogP contribution in [0, 0.1) is 12.7 Å². The van der Waals surface area contributed by atoms with Crippen LogP contribution in [0.3, 0.4) is 0 Å². The Morgan fingerprint density at radius 3 is 2.81 bits per heavy atom. The largest absolute Gasteiger partial charge is 0.376 e. The number of aryl methyl sites for hydroxylation is 1. The summed E-state index contributed by atoms with van der Waals surface area (Å²) in [5, 5.41) is 13.6. The molecule has 188 valence electrons. The first-order chi connectivity index (χ1) is 17.5. The topological polar surface area (TPSA) is 88.9 Å². The van der Waals surface area contributed by atoms with Gasteiger partial charge in [-0.15, -0.1) is 5.10 Å². The molecule has 1 fully saturated rings. The molecule has 1 N–H and O–H groups in total. The SMILES string of the molecule is CC[C@@H](c1nnnn1C[C@H]1CCCO1)N(Cc1ccc(F)cc1)Cc1cc2cccc(C)c2[nH]c1=O. The van der Waals surface area contributed by atoms with Gasteiger partial charge in [-0.25, -0.2) is 9.07 Å². The van der Waals surface area contributed by atoms with Crippen LogP contribution in [0.2, 0.25) is 0 Å². The number of aromatic amines is 1. The molecule has 1 aliphatic heterocycles. The lowest BCUT2D eigenvalue weighted by Crippen LogP contribution is -2.33. The van der Waals surface area contributed by atoms with E-state index >= 15 is 0 Å². The van der Waals surface area contributed by atoms with Gasteiger partial charge >= 0.3 is 0 Å². The number of nitrogens with zero attached hydrogens (tertiary/aromatic N) is 5. The zero-order valence-corrected chi connectivity index (χ0v) is 20.7. The van der Waals surface area contributed by atoms with Gasteiger partial charge in [-0.3, -0.25) is 9.69 Å². The van der Waals surface area contributed by atoms with Crippen molar-refractivity contribution in [3.05, 3.63) is 87.2 Å². The molecule has 0 spiro atoms. The average Bonchev–Trinajstić information content (AvgIpc) is 3.55. The first kappa shape index (κ1) is 24.3. The third kappa shape index (κ3) is 5.22. The molecule has 36 heavy (non-hydrogen) atoms. The van der Waals surface area contributed by atoms with Crippen LogP contribution in [-0.2, 0) is 24.4 Å². The predicted octanol–water partition coefficient (Wildman–Crippen LogP) is 4.29. The van der Waals surface area contributed by atoms with Gasteiger partial charge in [0.2, 0.25) is 0 Å². The molecule has 0 amide bonds. The maximum absolute atomic E-state index is 13.6. The van der Waals surface area contributed by atoms with Crippen molar-refractivity contribution in [1.82, 2.24) is 30.1 Å². The highest BCUT2D eigenvalue weighted by atomic mass is 19.1. The van der Waals surface area contributed by atoms with E-state index in [1.54, 1.807) is 12.1 Å². The van der Waals surface area contributed by atoms with Gasteiger partial charge in [-0.05, 0) is 71.3 Å². The summed E-state index contributed by atoms with van der Waals surface area (Å²) >= 11 is 0. The fourth-order valence-corrected chi connectivity index (χ4v) is 5.03. The fraction of sp³-hybridized carbons (Fsp3) is 0.407. The van der Waals surface area contributed by atoms with E-state index in [-0.39, 0.29) is 23.5 Å². The smallest absolute Gasteiger partial charge is 0.252 e. The van der Waals surface area contributed by atoms with Crippen molar-refractivity contribution >= 4 is 10.9 Å². The van der Waals surface area contributed by atoms with Crippen LogP contribution < -0.4 is 5.56 Å². The molecule has 4 aromatic rings. The number of aromatic nitrogens is 5. The predicted molar refractivity (Wildman–Crippen MR) is 135 cm³/mol. The Hall–Kier alpha value is -3.43. The van der Waals surface area contributed by atoms with Crippen molar-refractivity contribution in [3.63, 3.8) is 0 Å². The number of hydrogen-bond acceptors (Lipinski definition) is 6. The standard InChI is InChI=1S/C27H31FN6O2/c1-3-24(26-30-31-32-34(26)17-23-8-5-13-36-23)33(15-19-9-11-22(28)12-10-19)16-21-14-20-7-4-6-18(2)25(20)29-27(21)35/h4,6-7,9-12,14,23-24H,3,5,8,13,15-17H2,1-2H3,(H,29,35)/t23-,24+/m1/s1. The Bertz CT molecular complexity index is 1380. The number of nitrogens with one attached hydrogen (secondary N) is 1. The number of halogens is 1. The highest BCUT2D eigenvalue weighted by Gasteiger charge is 2.28. The summed E-state index contributed by atoms with van der Waals surface area (Å²) < 4.78 is 21.2. The highest BCUT2D eigenvalue weighted by Crippen LogP contribution is 2.27. The Balaban J connectivity index is 1.50. The highest BCUT2D eigenvalue weighted by molar-refractivity contribution is 5.81. The monoisotopic (exact) mass is 490 g/mol. The first-order valence-corrected chi connectivity index (χ1v) is 12.5. The lowest BCUT2D eigenvalue weighted by Gasteiger charge is -2.30. The molecule has 2 aromatic heterocycles. The Kier molecular flexibility index (Phi) is 7.20. The summed E-state index contributed by atoms with van der Waals surface area (Å²) in [4.78, 5) is 18.4. The molecule has 8 nitrogen and oxygen atoms in total. The third-order valence-corrected chi connectivity index (χ3v) is 6.92. The molecule has 0 saturated carbocycles. The number of ether oxygens (including phenoxy) is 1. The zero-order valence-electron chi connectivity index (χ0n) is 20.7. The number of pyridine rings is 1. The van der Waals surface area contributed by atoms with Crippen molar-refractivity contribution in [2.75, 3.05) is 6.61 Å². The molecule has 2 atom stereocenters. The van der Waals surface area contributed by atoms with Gasteiger partial charge in [-0.2, -0.15) is 0 Å². The second kappa shape index (κ2) is 10.7. The molecule has 0 unspecified atom stereocenters. The summed E-state index contributed by atoms with van der Waals surface area (Å²) in [5.41, 5.74) is 3.37. The molecule has 5 rings (SSSR count). The molecule has 1 saturated heterocycles. The van der Waals surface area contributed by atoms with Crippen molar-refractivity contribution in [2.24, 2.45) is 0 Å². The molecule has 2 aromatic carbocycles.